The highest BCUT2D eigenvalue weighted by atomic mass is 35.5. The number of nitrogens with one attached hydrogen (secondary N) is 1. The fourth-order valence-corrected chi connectivity index (χ4v) is 3.53. The molecule has 0 fully saturated rings. The van der Waals surface area contributed by atoms with Crippen molar-refractivity contribution < 1.29 is 0 Å². The Hall–Kier alpha value is -1.04. The van der Waals surface area contributed by atoms with E-state index in [1.807, 2.05) is 30.4 Å². The Labute approximate surface area is 134 Å². The number of aromatic amines is 1. The molecule has 1 unspecified atom stereocenters. The number of imidazole rings is 1. The van der Waals surface area contributed by atoms with Crippen LogP contribution in [0, 0.1) is 0 Å². The molecule has 0 spiro atoms. The lowest BCUT2D eigenvalue weighted by molar-refractivity contribution is 0.168. The Morgan fingerprint density at radius 1 is 1.52 bits per heavy atom. The van der Waals surface area contributed by atoms with Gasteiger partial charge in [0.25, 0.3) is 0 Å². The quantitative estimate of drug-likeness (QED) is 0.917. The summed E-state index contributed by atoms with van der Waals surface area (Å²) >= 11 is 8.14. The van der Waals surface area contributed by atoms with E-state index in [0.717, 1.165) is 42.3 Å². The number of halogens is 1. The number of pyridine rings is 1. The monoisotopic (exact) mass is 322 g/mol. The Balaban J connectivity index is 1.82. The molecule has 1 N–H and O–H groups in total. The maximum absolute atomic E-state index is 6.26. The van der Waals surface area contributed by atoms with Crippen LogP contribution >= 0.6 is 23.4 Å². The average molecular weight is 323 g/mol. The summed E-state index contributed by atoms with van der Waals surface area (Å²) in [5.41, 5.74) is 3.64. The minimum Gasteiger partial charge on any atom is -0.348 e. The number of nitrogens with zero attached hydrogens (tertiary/aromatic N) is 3. The molecular weight excluding hydrogens is 304 g/mol. The second kappa shape index (κ2) is 6.81. The van der Waals surface area contributed by atoms with E-state index in [1.54, 1.807) is 6.20 Å². The van der Waals surface area contributed by atoms with E-state index >= 15 is 0 Å². The van der Waals surface area contributed by atoms with Crippen molar-refractivity contribution in [1.82, 2.24) is 19.9 Å². The largest absolute Gasteiger partial charge is 0.348 e. The van der Waals surface area contributed by atoms with Crippen molar-refractivity contribution in [1.29, 1.82) is 0 Å². The van der Waals surface area contributed by atoms with E-state index in [-0.39, 0.29) is 0 Å². The third-order valence-corrected chi connectivity index (χ3v) is 4.97. The number of aromatic nitrogens is 3. The highest BCUT2D eigenvalue weighted by Crippen LogP contribution is 2.32. The van der Waals surface area contributed by atoms with E-state index < -0.39 is 0 Å². The van der Waals surface area contributed by atoms with Gasteiger partial charge in [0, 0.05) is 37.6 Å². The number of fused-ring (bicyclic) bond motifs is 1. The first-order valence-corrected chi connectivity index (χ1v) is 8.90. The third kappa shape index (κ3) is 3.25. The normalized spacial score (nSPS) is 18.7. The predicted octanol–water partition coefficient (Wildman–Crippen LogP) is 3.31. The summed E-state index contributed by atoms with van der Waals surface area (Å²) in [6.45, 7) is 1.89. The summed E-state index contributed by atoms with van der Waals surface area (Å²) < 4.78 is 0. The molecule has 6 heteroatoms. The Kier molecular flexibility index (Phi) is 4.83. The van der Waals surface area contributed by atoms with Crippen LogP contribution in [-0.4, -0.2) is 38.4 Å². The van der Waals surface area contributed by atoms with Crippen LogP contribution in [0.25, 0.3) is 0 Å². The van der Waals surface area contributed by atoms with Crippen molar-refractivity contribution in [3.8, 4) is 0 Å². The van der Waals surface area contributed by atoms with Crippen molar-refractivity contribution in [2.75, 3.05) is 18.6 Å². The average Bonchev–Trinajstić information content (AvgIpc) is 2.97. The van der Waals surface area contributed by atoms with Gasteiger partial charge in [-0.2, -0.15) is 11.8 Å². The van der Waals surface area contributed by atoms with Crippen LogP contribution in [-0.2, 0) is 13.0 Å². The zero-order valence-corrected chi connectivity index (χ0v) is 13.6. The smallest absolute Gasteiger partial charge is 0.0925 e. The third-order valence-electron chi connectivity index (χ3n) is 3.98. The fraction of sp³-hybridized carbons (Fsp3) is 0.467. The summed E-state index contributed by atoms with van der Waals surface area (Å²) in [6, 6.07) is 2.38. The molecule has 1 aliphatic rings. The number of thioether (sulfide) groups is 1. The Morgan fingerprint density at radius 2 is 2.43 bits per heavy atom. The van der Waals surface area contributed by atoms with E-state index in [4.69, 9.17) is 11.6 Å². The van der Waals surface area contributed by atoms with Gasteiger partial charge in [-0.1, -0.05) is 11.6 Å². The van der Waals surface area contributed by atoms with Gasteiger partial charge in [0.1, 0.15) is 0 Å². The Morgan fingerprint density at radius 3 is 3.24 bits per heavy atom. The first-order valence-electron chi connectivity index (χ1n) is 7.13. The van der Waals surface area contributed by atoms with Gasteiger partial charge < -0.3 is 4.98 Å². The van der Waals surface area contributed by atoms with E-state index in [0.29, 0.717) is 6.04 Å². The van der Waals surface area contributed by atoms with Gasteiger partial charge in [-0.3, -0.25) is 9.88 Å². The SMILES string of the molecule is CSCCC1c2nc[nH]c2CCN1Cc1ccncc1Cl. The van der Waals surface area contributed by atoms with Gasteiger partial charge in [0.05, 0.1) is 23.1 Å². The number of rotatable bonds is 5. The maximum atomic E-state index is 6.26. The summed E-state index contributed by atoms with van der Waals surface area (Å²) in [5, 5.41) is 0.744. The topological polar surface area (TPSA) is 44.8 Å². The zero-order valence-electron chi connectivity index (χ0n) is 12.1. The van der Waals surface area contributed by atoms with Gasteiger partial charge in [-0.15, -0.1) is 0 Å². The second-order valence-electron chi connectivity index (χ2n) is 5.25. The molecule has 0 amide bonds. The van der Waals surface area contributed by atoms with Crippen LogP contribution in [0.4, 0.5) is 0 Å². The molecule has 0 aliphatic carbocycles. The van der Waals surface area contributed by atoms with Gasteiger partial charge in [-0.05, 0) is 30.1 Å². The molecule has 3 rings (SSSR count). The van der Waals surface area contributed by atoms with Crippen LogP contribution in [0.5, 0.6) is 0 Å². The molecule has 21 heavy (non-hydrogen) atoms. The fourth-order valence-electron chi connectivity index (χ4n) is 2.89. The van der Waals surface area contributed by atoms with Gasteiger partial charge >= 0.3 is 0 Å². The summed E-state index contributed by atoms with van der Waals surface area (Å²) in [5.74, 6) is 1.14. The summed E-state index contributed by atoms with van der Waals surface area (Å²) in [4.78, 5) is 14.4. The first kappa shape index (κ1) is 14.9. The van der Waals surface area contributed by atoms with E-state index in [9.17, 15) is 0 Å². The maximum Gasteiger partial charge on any atom is 0.0925 e. The first-order chi connectivity index (χ1) is 10.3. The van der Waals surface area contributed by atoms with E-state index in [2.05, 4.69) is 26.1 Å². The molecule has 0 radical (unpaired) electrons. The van der Waals surface area contributed by atoms with Crippen molar-refractivity contribution in [2.45, 2.75) is 25.4 Å². The predicted molar refractivity (Wildman–Crippen MR) is 87.7 cm³/mol. The summed E-state index contributed by atoms with van der Waals surface area (Å²) in [6.07, 6.45) is 9.63. The van der Waals surface area contributed by atoms with Gasteiger partial charge in [-0.25, -0.2) is 4.98 Å². The highest BCUT2D eigenvalue weighted by molar-refractivity contribution is 7.98. The molecule has 3 heterocycles. The molecule has 1 aliphatic heterocycles. The minimum atomic E-state index is 0.372. The van der Waals surface area contributed by atoms with Crippen molar-refractivity contribution in [2.24, 2.45) is 0 Å². The molecule has 2 aromatic rings. The van der Waals surface area contributed by atoms with Crippen LogP contribution < -0.4 is 0 Å². The standard InChI is InChI=1S/C15H19ClN4S/c1-21-7-4-14-15-13(18-10-19-15)3-6-20(14)9-11-2-5-17-8-12(11)16/h2,5,8,10,14H,3-4,6-7,9H2,1H3,(H,18,19). The summed E-state index contributed by atoms with van der Waals surface area (Å²) in [7, 11) is 0. The highest BCUT2D eigenvalue weighted by Gasteiger charge is 2.29. The molecule has 0 bridgehead atoms. The lowest BCUT2D eigenvalue weighted by Crippen LogP contribution is -2.35. The molecule has 4 nitrogen and oxygen atoms in total. The zero-order chi connectivity index (χ0) is 14.7. The lowest BCUT2D eigenvalue weighted by Gasteiger charge is -2.35. The molecular formula is C15H19ClN4S. The second-order valence-corrected chi connectivity index (χ2v) is 6.64. The van der Waals surface area contributed by atoms with Crippen molar-refractivity contribution in [3.05, 3.63) is 46.8 Å². The Bertz CT molecular complexity index is 601. The van der Waals surface area contributed by atoms with Crippen molar-refractivity contribution in [3.63, 3.8) is 0 Å². The lowest BCUT2D eigenvalue weighted by atomic mass is 10.00. The minimum absolute atomic E-state index is 0.372. The van der Waals surface area contributed by atoms with Gasteiger partial charge in [0.15, 0.2) is 0 Å². The molecule has 1 atom stereocenters. The number of H-pyrrole nitrogens is 1. The molecule has 0 aromatic carbocycles. The molecule has 0 saturated heterocycles. The van der Waals surface area contributed by atoms with Crippen molar-refractivity contribution >= 4 is 23.4 Å². The van der Waals surface area contributed by atoms with Crippen LogP contribution in [0.15, 0.2) is 24.8 Å². The van der Waals surface area contributed by atoms with Crippen LogP contribution in [0.3, 0.4) is 0 Å². The number of hydrogen-bond donors (Lipinski definition) is 1. The molecule has 112 valence electrons. The van der Waals surface area contributed by atoms with Crippen LogP contribution in [0.1, 0.15) is 29.4 Å². The molecule has 2 aromatic heterocycles. The van der Waals surface area contributed by atoms with Gasteiger partial charge in [0.2, 0.25) is 0 Å². The number of hydrogen-bond acceptors (Lipinski definition) is 4. The van der Waals surface area contributed by atoms with E-state index in [1.165, 1.54) is 11.4 Å². The van der Waals surface area contributed by atoms with Crippen LogP contribution in [0.2, 0.25) is 5.02 Å². The molecule has 0 saturated carbocycles.